The number of nitrogens with one attached hydrogen (secondary N) is 2. The Morgan fingerprint density at radius 2 is 1.37 bits per heavy atom. The quantitative estimate of drug-likeness (QED) is 0.486. The van der Waals surface area contributed by atoms with Gasteiger partial charge in [0, 0.05) is 11.3 Å². The van der Waals surface area contributed by atoms with Crippen LogP contribution in [-0.2, 0) is 9.53 Å². The van der Waals surface area contributed by atoms with E-state index in [9.17, 15) is 14.4 Å². The number of methoxy groups -OCH3 is 1. The summed E-state index contributed by atoms with van der Waals surface area (Å²) in [6.07, 6.45) is 1.60. The van der Waals surface area contributed by atoms with Crippen molar-refractivity contribution in [2.24, 2.45) is 0 Å². The summed E-state index contributed by atoms with van der Waals surface area (Å²) in [6, 6.07) is 24.1. The Labute approximate surface area is 174 Å². The Hall–Kier alpha value is -4.19. The van der Waals surface area contributed by atoms with Crippen LogP contribution in [0.25, 0.3) is 6.08 Å². The zero-order valence-corrected chi connectivity index (χ0v) is 16.3. The van der Waals surface area contributed by atoms with Gasteiger partial charge in [-0.1, -0.05) is 48.5 Å². The molecule has 0 heterocycles. The van der Waals surface area contributed by atoms with E-state index in [0.717, 1.165) is 5.56 Å². The summed E-state index contributed by atoms with van der Waals surface area (Å²) in [7, 11) is 1.30. The van der Waals surface area contributed by atoms with Crippen LogP contribution in [0.3, 0.4) is 0 Å². The third kappa shape index (κ3) is 5.42. The van der Waals surface area contributed by atoms with E-state index in [1.807, 2.05) is 36.4 Å². The Morgan fingerprint density at radius 3 is 1.97 bits per heavy atom. The molecule has 150 valence electrons. The molecule has 0 aliphatic heterocycles. The van der Waals surface area contributed by atoms with Gasteiger partial charge < -0.3 is 15.4 Å². The van der Waals surface area contributed by atoms with Crippen molar-refractivity contribution in [3.05, 3.63) is 107 Å². The molecule has 3 rings (SSSR count). The molecule has 0 aromatic heterocycles. The van der Waals surface area contributed by atoms with Crippen molar-refractivity contribution < 1.29 is 19.1 Å². The monoisotopic (exact) mass is 400 g/mol. The highest BCUT2D eigenvalue weighted by Crippen LogP contribution is 2.13. The molecule has 0 aliphatic rings. The molecule has 3 aromatic rings. The van der Waals surface area contributed by atoms with Crippen LogP contribution in [0, 0.1) is 0 Å². The van der Waals surface area contributed by atoms with E-state index in [1.54, 1.807) is 54.6 Å². The molecule has 0 saturated carbocycles. The first kappa shape index (κ1) is 20.5. The number of carbonyl (C=O) groups excluding carboxylic acids is 3. The van der Waals surface area contributed by atoms with Crippen molar-refractivity contribution >= 4 is 29.5 Å². The van der Waals surface area contributed by atoms with Gasteiger partial charge in [0.1, 0.15) is 5.70 Å². The van der Waals surface area contributed by atoms with Crippen LogP contribution in [-0.4, -0.2) is 24.9 Å². The van der Waals surface area contributed by atoms with Crippen LogP contribution in [0.15, 0.2) is 90.6 Å². The van der Waals surface area contributed by atoms with Crippen molar-refractivity contribution in [2.45, 2.75) is 0 Å². The summed E-state index contributed by atoms with van der Waals surface area (Å²) < 4.78 is 4.66. The number of esters is 1. The van der Waals surface area contributed by atoms with Gasteiger partial charge in [0.25, 0.3) is 11.8 Å². The maximum atomic E-state index is 12.9. The molecular formula is C24H20N2O4. The van der Waals surface area contributed by atoms with E-state index in [-0.39, 0.29) is 5.70 Å². The van der Waals surface area contributed by atoms with Gasteiger partial charge in [0.15, 0.2) is 0 Å². The number of anilines is 1. The SMILES string of the molecule is COC(=O)c1ccc(NC(=O)C(=Cc2ccccc2)NC(=O)c2ccccc2)cc1. The fourth-order valence-corrected chi connectivity index (χ4v) is 2.66. The second-order valence-corrected chi connectivity index (χ2v) is 6.31. The summed E-state index contributed by atoms with van der Waals surface area (Å²) in [6.45, 7) is 0. The first-order chi connectivity index (χ1) is 14.6. The van der Waals surface area contributed by atoms with Gasteiger partial charge >= 0.3 is 5.97 Å². The second kappa shape index (κ2) is 9.84. The van der Waals surface area contributed by atoms with Gasteiger partial charge in [-0.05, 0) is 48.0 Å². The normalized spacial score (nSPS) is 10.8. The maximum Gasteiger partial charge on any atom is 0.337 e. The molecular weight excluding hydrogens is 380 g/mol. The number of amides is 2. The first-order valence-corrected chi connectivity index (χ1v) is 9.19. The van der Waals surface area contributed by atoms with Crippen LogP contribution < -0.4 is 10.6 Å². The molecule has 0 unspecified atom stereocenters. The molecule has 0 bridgehead atoms. The van der Waals surface area contributed by atoms with Gasteiger partial charge in [-0.25, -0.2) is 4.79 Å². The summed E-state index contributed by atoms with van der Waals surface area (Å²) in [5, 5.41) is 5.41. The van der Waals surface area contributed by atoms with Crippen LogP contribution in [0.1, 0.15) is 26.3 Å². The third-order valence-corrected chi connectivity index (χ3v) is 4.20. The average molecular weight is 400 g/mol. The summed E-state index contributed by atoms with van der Waals surface area (Å²) in [4.78, 5) is 37.0. The molecule has 0 radical (unpaired) electrons. The van der Waals surface area contributed by atoms with Gasteiger partial charge in [0.05, 0.1) is 12.7 Å². The van der Waals surface area contributed by atoms with E-state index in [2.05, 4.69) is 15.4 Å². The lowest BCUT2D eigenvalue weighted by atomic mass is 10.1. The Bertz CT molecular complexity index is 1060. The number of ether oxygens (including phenoxy) is 1. The molecule has 6 nitrogen and oxygen atoms in total. The zero-order valence-electron chi connectivity index (χ0n) is 16.3. The lowest BCUT2D eigenvalue weighted by Crippen LogP contribution is -2.30. The number of benzene rings is 3. The summed E-state index contributed by atoms with van der Waals surface area (Å²) in [5.74, 6) is -1.35. The molecule has 0 spiro atoms. The number of carbonyl (C=O) groups is 3. The van der Waals surface area contributed by atoms with Crippen molar-refractivity contribution in [2.75, 3.05) is 12.4 Å². The smallest absolute Gasteiger partial charge is 0.337 e. The van der Waals surface area contributed by atoms with Gasteiger partial charge in [-0.15, -0.1) is 0 Å². The van der Waals surface area contributed by atoms with Gasteiger partial charge in [0.2, 0.25) is 0 Å². The number of hydrogen-bond donors (Lipinski definition) is 2. The van der Waals surface area contributed by atoms with Crippen molar-refractivity contribution in [1.29, 1.82) is 0 Å². The highest BCUT2D eigenvalue weighted by Gasteiger charge is 2.15. The van der Waals surface area contributed by atoms with E-state index in [1.165, 1.54) is 7.11 Å². The average Bonchev–Trinajstić information content (AvgIpc) is 2.79. The van der Waals surface area contributed by atoms with Crippen molar-refractivity contribution in [1.82, 2.24) is 5.32 Å². The topological polar surface area (TPSA) is 84.5 Å². The largest absolute Gasteiger partial charge is 0.465 e. The molecule has 0 atom stereocenters. The lowest BCUT2D eigenvalue weighted by molar-refractivity contribution is -0.113. The van der Waals surface area contributed by atoms with Crippen molar-refractivity contribution in [3.63, 3.8) is 0 Å². The van der Waals surface area contributed by atoms with E-state index in [4.69, 9.17) is 0 Å². The number of rotatable bonds is 6. The molecule has 0 saturated heterocycles. The van der Waals surface area contributed by atoms with Gasteiger partial charge in [-0.2, -0.15) is 0 Å². The molecule has 3 aromatic carbocycles. The minimum absolute atomic E-state index is 0.0899. The summed E-state index contributed by atoms with van der Waals surface area (Å²) >= 11 is 0. The fourth-order valence-electron chi connectivity index (χ4n) is 2.66. The van der Waals surface area contributed by atoms with E-state index < -0.39 is 17.8 Å². The zero-order chi connectivity index (χ0) is 21.3. The van der Waals surface area contributed by atoms with Gasteiger partial charge in [-0.3, -0.25) is 9.59 Å². The summed E-state index contributed by atoms with van der Waals surface area (Å²) in [5.41, 5.74) is 2.13. The first-order valence-electron chi connectivity index (χ1n) is 9.19. The highest BCUT2D eigenvalue weighted by molar-refractivity contribution is 6.10. The van der Waals surface area contributed by atoms with Crippen LogP contribution in [0.2, 0.25) is 0 Å². The maximum absolute atomic E-state index is 12.9. The molecule has 0 fully saturated rings. The lowest BCUT2D eigenvalue weighted by Gasteiger charge is -2.12. The van der Waals surface area contributed by atoms with Crippen LogP contribution in [0.4, 0.5) is 5.69 Å². The highest BCUT2D eigenvalue weighted by atomic mass is 16.5. The predicted octanol–water partition coefficient (Wildman–Crippen LogP) is 3.88. The van der Waals surface area contributed by atoms with E-state index >= 15 is 0 Å². The minimum Gasteiger partial charge on any atom is -0.465 e. The molecule has 6 heteroatoms. The van der Waals surface area contributed by atoms with E-state index in [0.29, 0.717) is 16.8 Å². The standard InChI is InChI=1S/C24H20N2O4/c1-30-24(29)19-12-14-20(15-13-19)25-23(28)21(16-17-8-4-2-5-9-17)26-22(27)18-10-6-3-7-11-18/h2-16H,1H3,(H,25,28)(H,26,27). The second-order valence-electron chi connectivity index (χ2n) is 6.31. The Morgan fingerprint density at radius 1 is 0.767 bits per heavy atom. The molecule has 2 N–H and O–H groups in total. The Kier molecular flexibility index (Phi) is 6.74. The fraction of sp³-hybridized carbons (Fsp3) is 0.0417. The van der Waals surface area contributed by atoms with Crippen LogP contribution >= 0.6 is 0 Å². The van der Waals surface area contributed by atoms with Crippen molar-refractivity contribution in [3.8, 4) is 0 Å². The Balaban J connectivity index is 1.82. The number of hydrogen-bond acceptors (Lipinski definition) is 4. The predicted molar refractivity (Wildman–Crippen MR) is 115 cm³/mol. The minimum atomic E-state index is -0.492. The molecule has 0 aliphatic carbocycles. The third-order valence-electron chi connectivity index (χ3n) is 4.20. The molecule has 30 heavy (non-hydrogen) atoms. The van der Waals surface area contributed by atoms with Crippen LogP contribution in [0.5, 0.6) is 0 Å². The molecule has 2 amide bonds.